The molecule has 0 radical (unpaired) electrons. The Labute approximate surface area is 249 Å². The third kappa shape index (κ3) is 4.05. The summed E-state index contributed by atoms with van der Waals surface area (Å²) in [6, 6.07) is 48.1. The van der Waals surface area contributed by atoms with Crippen LogP contribution in [0.4, 0.5) is 17.1 Å². The second-order valence-corrected chi connectivity index (χ2v) is 12.0. The van der Waals surface area contributed by atoms with Crippen LogP contribution >= 0.6 is 11.3 Å². The van der Waals surface area contributed by atoms with Gasteiger partial charge in [0.05, 0.1) is 11.2 Å². The molecule has 3 heteroatoms. The standard InChI is InChI=1S/C39H28N2S/c1-25-11-17-28(18-12-25)41(29-19-13-26(2)14-20-29)30-21-15-27(16-22-30)38-34-24-23-32-31-7-4-6-10-36(31)42-39(32)37(34)33-8-3-5-9-35(33)40-38/h3-24H,1-2H3. The SMILES string of the molecule is Cc1ccc(N(c2ccc(C)cc2)c2ccc(-c3nc4ccccc4c4c3ccc3c5ccccc5sc34)cc2)cc1. The van der Waals surface area contributed by atoms with Crippen molar-refractivity contribution in [3.05, 3.63) is 145 Å². The van der Waals surface area contributed by atoms with Gasteiger partial charge in [-0.2, -0.15) is 0 Å². The molecule has 0 bridgehead atoms. The van der Waals surface area contributed by atoms with Crippen LogP contribution in [0.1, 0.15) is 11.1 Å². The first-order valence-electron chi connectivity index (χ1n) is 14.3. The topological polar surface area (TPSA) is 16.1 Å². The summed E-state index contributed by atoms with van der Waals surface area (Å²) in [5.41, 5.74) is 9.05. The van der Waals surface area contributed by atoms with Crippen LogP contribution in [-0.4, -0.2) is 4.98 Å². The molecule has 0 aliphatic rings. The maximum atomic E-state index is 5.24. The second-order valence-electron chi connectivity index (χ2n) is 11.0. The fourth-order valence-electron chi connectivity index (χ4n) is 6.04. The molecule has 0 aliphatic carbocycles. The minimum Gasteiger partial charge on any atom is -0.311 e. The summed E-state index contributed by atoms with van der Waals surface area (Å²) >= 11 is 1.88. The highest BCUT2D eigenvalue weighted by Gasteiger charge is 2.17. The minimum absolute atomic E-state index is 1.02. The number of fused-ring (bicyclic) bond motifs is 7. The Balaban J connectivity index is 1.32. The first-order chi connectivity index (χ1) is 20.6. The molecule has 0 amide bonds. The lowest BCUT2D eigenvalue weighted by atomic mass is 9.98. The molecule has 0 spiro atoms. The monoisotopic (exact) mass is 556 g/mol. The lowest BCUT2D eigenvalue weighted by Crippen LogP contribution is -2.09. The highest BCUT2D eigenvalue weighted by atomic mass is 32.1. The van der Waals surface area contributed by atoms with E-state index in [-0.39, 0.29) is 0 Å². The van der Waals surface area contributed by atoms with Crippen LogP contribution in [0.2, 0.25) is 0 Å². The number of aryl methyl sites for hydroxylation is 2. The first-order valence-corrected chi connectivity index (χ1v) is 15.1. The highest BCUT2D eigenvalue weighted by molar-refractivity contribution is 7.26. The van der Waals surface area contributed by atoms with Gasteiger partial charge in [0.1, 0.15) is 0 Å². The molecule has 0 fully saturated rings. The number of thiophene rings is 1. The molecule has 200 valence electrons. The molecule has 2 nitrogen and oxygen atoms in total. The van der Waals surface area contributed by atoms with Gasteiger partial charge < -0.3 is 4.90 Å². The molecule has 0 aliphatic heterocycles. The average molecular weight is 557 g/mol. The molecular weight excluding hydrogens is 529 g/mol. The molecule has 8 aromatic rings. The molecular formula is C39H28N2S. The zero-order chi connectivity index (χ0) is 28.2. The molecule has 0 unspecified atom stereocenters. The van der Waals surface area contributed by atoms with Gasteiger partial charge in [-0.05, 0) is 62.4 Å². The summed E-state index contributed by atoms with van der Waals surface area (Å²) in [5.74, 6) is 0. The lowest BCUT2D eigenvalue weighted by molar-refractivity contribution is 1.27. The Bertz CT molecular complexity index is 2200. The van der Waals surface area contributed by atoms with Crippen molar-refractivity contribution < 1.29 is 0 Å². The summed E-state index contributed by atoms with van der Waals surface area (Å²) < 4.78 is 2.65. The number of hydrogen-bond donors (Lipinski definition) is 0. The summed E-state index contributed by atoms with van der Waals surface area (Å²) in [6.45, 7) is 4.25. The van der Waals surface area contributed by atoms with Crippen molar-refractivity contribution in [3.8, 4) is 11.3 Å². The predicted molar refractivity (Wildman–Crippen MR) is 182 cm³/mol. The van der Waals surface area contributed by atoms with Gasteiger partial charge in [-0.1, -0.05) is 96.1 Å². The molecule has 42 heavy (non-hydrogen) atoms. The molecule has 6 aromatic carbocycles. The molecule has 2 aromatic heterocycles. The number of para-hydroxylation sites is 1. The summed E-state index contributed by atoms with van der Waals surface area (Å²) in [5, 5.41) is 6.31. The maximum Gasteiger partial charge on any atom is 0.0788 e. The normalized spacial score (nSPS) is 11.6. The smallest absolute Gasteiger partial charge is 0.0788 e. The summed E-state index contributed by atoms with van der Waals surface area (Å²) in [6.07, 6.45) is 0. The van der Waals surface area contributed by atoms with Gasteiger partial charge in [-0.3, -0.25) is 0 Å². The number of anilines is 3. The molecule has 0 atom stereocenters. The lowest BCUT2D eigenvalue weighted by Gasteiger charge is -2.26. The van der Waals surface area contributed by atoms with E-state index in [2.05, 4.69) is 152 Å². The number of aromatic nitrogens is 1. The van der Waals surface area contributed by atoms with Crippen molar-refractivity contribution in [2.45, 2.75) is 13.8 Å². The van der Waals surface area contributed by atoms with E-state index in [0.29, 0.717) is 0 Å². The average Bonchev–Trinajstić information content (AvgIpc) is 3.42. The van der Waals surface area contributed by atoms with E-state index in [1.54, 1.807) is 0 Å². The maximum absolute atomic E-state index is 5.24. The minimum atomic E-state index is 1.02. The fourth-order valence-corrected chi connectivity index (χ4v) is 7.30. The molecule has 8 rings (SSSR count). The fraction of sp³-hybridized carbons (Fsp3) is 0.0513. The van der Waals surface area contributed by atoms with Gasteiger partial charge in [-0.15, -0.1) is 11.3 Å². The number of pyridine rings is 1. The second kappa shape index (κ2) is 9.83. The molecule has 0 saturated carbocycles. The van der Waals surface area contributed by atoms with Gasteiger partial charge >= 0.3 is 0 Å². The predicted octanol–water partition coefficient (Wildman–Crippen LogP) is 11.5. The largest absolute Gasteiger partial charge is 0.311 e. The van der Waals surface area contributed by atoms with E-state index in [1.807, 2.05) is 11.3 Å². The van der Waals surface area contributed by atoms with Crippen molar-refractivity contribution in [3.63, 3.8) is 0 Å². The van der Waals surface area contributed by atoms with Gasteiger partial charge in [-0.25, -0.2) is 4.98 Å². The van der Waals surface area contributed by atoms with E-state index >= 15 is 0 Å². The van der Waals surface area contributed by atoms with Crippen LogP contribution in [0, 0.1) is 13.8 Å². The number of benzene rings is 6. The van der Waals surface area contributed by atoms with Gasteiger partial charge in [0.15, 0.2) is 0 Å². The summed E-state index contributed by atoms with van der Waals surface area (Å²) in [4.78, 5) is 7.55. The van der Waals surface area contributed by atoms with Crippen LogP contribution in [0.3, 0.4) is 0 Å². The van der Waals surface area contributed by atoms with Crippen LogP contribution in [0.5, 0.6) is 0 Å². The zero-order valence-corrected chi connectivity index (χ0v) is 24.3. The van der Waals surface area contributed by atoms with Crippen LogP contribution in [0.25, 0.3) is 53.1 Å². The Hall–Kier alpha value is -4.99. The van der Waals surface area contributed by atoms with E-state index < -0.39 is 0 Å². The van der Waals surface area contributed by atoms with Crippen LogP contribution in [-0.2, 0) is 0 Å². The van der Waals surface area contributed by atoms with Crippen molar-refractivity contribution in [2.24, 2.45) is 0 Å². The van der Waals surface area contributed by atoms with Crippen molar-refractivity contribution in [1.29, 1.82) is 0 Å². The quantitative estimate of drug-likeness (QED) is 0.200. The Morgan fingerprint density at radius 3 is 1.71 bits per heavy atom. The van der Waals surface area contributed by atoms with Crippen LogP contribution < -0.4 is 4.90 Å². The number of hydrogen-bond acceptors (Lipinski definition) is 3. The first kappa shape index (κ1) is 24.8. The zero-order valence-electron chi connectivity index (χ0n) is 23.5. The Kier molecular flexibility index (Phi) is 5.80. The summed E-state index contributed by atoms with van der Waals surface area (Å²) in [7, 11) is 0. The third-order valence-electron chi connectivity index (χ3n) is 8.19. The molecule has 0 saturated heterocycles. The molecule has 2 heterocycles. The highest BCUT2D eigenvalue weighted by Crippen LogP contribution is 2.43. The van der Waals surface area contributed by atoms with Gasteiger partial charge in [0.25, 0.3) is 0 Å². The van der Waals surface area contributed by atoms with Crippen LogP contribution in [0.15, 0.2) is 133 Å². The van der Waals surface area contributed by atoms with Gasteiger partial charge in [0.2, 0.25) is 0 Å². The molecule has 0 N–H and O–H groups in total. The van der Waals surface area contributed by atoms with Crippen molar-refractivity contribution in [1.82, 2.24) is 4.98 Å². The van der Waals surface area contributed by atoms with Crippen molar-refractivity contribution >= 4 is 70.2 Å². The van der Waals surface area contributed by atoms with Gasteiger partial charge in [0, 0.05) is 59.0 Å². The van der Waals surface area contributed by atoms with Crippen molar-refractivity contribution in [2.75, 3.05) is 4.90 Å². The Morgan fingerprint density at radius 1 is 0.500 bits per heavy atom. The third-order valence-corrected chi connectivity index (χ3v) is 9.40. The number of rotatable bonds is 4. The van der Waals surface area contributed by atoms with E-state index in [0.717, 1.165) is 33.8 Å². The van der Waals surface area contributed by atoms with E-state index in [9.17, 15) is 0 Å². The Morgan fingerprint density at radius 2 is 1.05 bits per heavy atom. The van der Waals surface area contributed by atoms with E-state index in [4.69, 9.17) is 4.98 Å². The number of nitrogens with zero attached hydrogens (tertiary/aromatic N) is 2. The van der Waals surface area contributed by atoms with E-state index in [1.165, 1.54) is 47.5 Å².